The van der Waals surface area contributed by atoms with E-state index < -0.39 is 0 Å². The Morgan fingerprint density at radius 1 is 0.778 bits per heavy atom. The molecule has 2 heteroatoms. The Bertz CT molecular complexity index is 982. The SMILES string of the molecule is CC(C)CCCC(C)CCCC(C)CCC(=O)O[C@H]1CC[C@@]2(C)C(CCC3C4CCC(C(C)/C=C/C5CC5C)[C@@]4(C)CCC32)C1. The van der Waals surface area contributed by atoms with Crippen LogP contribution in [-0.4, -0.2) is 12.1 Å². The molecule has 5 rings (SSSR count). The summed E-state index contributed by atoms with van der Waals surface area (Å²) in [6.45, 7) is 19.7. The smallest absolute Gasteiger partial charge is 0.306 e. The molecule has 5 fully saturated rings. The second kappa shape index (κ2) is 15.2. The maximum absolute atomic E-state index is 13.0. The highest BCUT2D eigenvalue weighted by atomic mass is 16.5. The third kappa shape index (κ3) is 8.45. The van der Waals surface area contributed by atoms with Crippen molar-refractivity contribution in [3.8, 4) is 0 Å². The highest BCUT2D eigenvalue weighted by Crippen LogP contribution is 2.68. The Labute approximate surface area is 280 Å². The zero-order valence-electron chi connectivity index (χ0n) is 31.1. The van der Waals surface area contributed by atoms with Crippen LogP contribution in [0.3, 0.4) is 0 Å². The summed E-state index contributed by atoms with van der Waals surface area (Å²) in [7, 11) is 0. The van der Waals surface area contributed by atoms with E-state index in [-0.39, 0.29) is 12.1 Å². The second-order valence-electron chi connectivity index (χ2n) is 18.9. The van der Waals surface area contributed by atoms with E-state index in [2.05, 4.69) is 67.5 Å². The molecule has 13 atom stereocenters. The van der Waals surface area contributed by atoms with Crippen LogP contribution in [0, 0.1) is 75.9 Å². The van der Waals surface area contributed by atoms with Crippen molar-refractivity contribution in [3.05, 3.63) is 12.2 Å². The summed E-state index contributed by atoms with van der Waals surface area (Å²) in [6, 6.07) is 0. The zero-order valence-corrected chi connectivity index (χ0v) is 31.1. The van der Waals surface area contributed by atoms with Crippen molar-refractivity contribution in [2.75, 3.05) is 0 Å². The van der Waals surface area contributed by atoms with Crippen molar-refractivity contribution in [2.24, 2.45) is 75.9 Å². The van der Waals surface area contributed by atoms with Gasteiger partial charge >= 0.3 is 5.97 Å². The molecule has 0 bridgehead atoms. The van der Waals surface area contributed by atoms with Crippen LogP contribution in [0.25, 0.3) is 0 Å². The molecule has 0 heterocycles. The van der Waals surface area contributed by atoms with E-state index >= 15 is 0 Å². The number of carbonyl (C=O) groups excluding carboxylic acids is 1. The molecule has 0 N–H and O–H groups in total. The third-order valence-electron chi connectivity index (χ3n) is 15.2. The van der Waals surface area contributed by atoms with Crippen LogP contribution < -0.4 is 0 Å². The van der Waals surface area contributed by atoms with Crippen LogP contribution in [-0.2, 0) is 9.53 Å². The predicted molar refractivity (Wildman–Crippen MR) is 191 cm³/mol. The van der Waals surface area contributed by atoms with E-state index in [1.54, 1.807) is 0 Å². The van der Waals surface area contributed by atoms with Crippen LogP contribution in [0.5, 0.6) is 0 Å². The lowest BCUT2D eigenvalue weighted by molar-refractivity contribution is -0.162. The number of allylic oxidation sites excluding steroid dienone is 2. The molecular weight excluding hydrogens is 548 g/mol. The highest BCUT2D eigenvalue weighted by Gasteiger charge is 2.60. The fourth-order valence-corrected chi connectivity index (χ4v) is 11.9. The number of ether oxygens (including phenoxy) is 1. The van der Waals surface area contributed by atoms with Crippen molar-refractivity contribution in [3.63, 3.8) is 0 Å². The summed E-state index contributed by atoms with van der Waals surface area (Å²) in [6.07, 6.45) is 28.5. The van der Waals surface area contributed by atoms with Crippen LogP contribution in [0.1, 0.15) is 171 Å². The van der Waals surface area contributed by atoms with Gasteiger partial charge in [0.25, 0.3) is 0 Å². The molecule has 0 radical (unpaired) electrons. The predicted octanol–water partition coefficient (Wildman–Crippen LogP) is 12.5. The lowest BCUT2D eigenvalue weighted by atomic mass is 9.44. The van der Waals surface area contributed by atoms with Gasteiger partial charge in [0.05, 0.1) is 0 Å². The van der Waals surface area contributed by atoms with Gasteiger partial charge in [0.15, 0.2) is 0 Å². The number of carbonyl (C=O) groups is 1. The molecule has 5 aliphatic rings. The van der Waals surface area contributed by atoms with Crippen molar-refractivity contribution in [1.82, 2.24) is 0 Å². The van der Waals surface area contributed by atoms with Crippen LogP contribution in [0.2, 0.25) is 0 Å². The molecule has 0 spiro atoms. The van der Waals surface area contributed by atoms with Gasteiger partial charge in [-0.15, -0.1) is 0 Å². The van der Waals surface area contributed by atoms with Crippen LogP contribution in [0.15, 0.2) is 12.2 Å². The minimum atomic E-state index is 0.0796. The Kier molecular flexibility index (Phi) is 12.0. The van der Waals surface area contributed by atoms with E-state index in [4.69, 9.17) is 4.74 Å². The number of fused-ring (bicyclic) bond motifs is 5. The van der Waals surface area contributed by atoms with Gasteiger partial charge in [-0.25, -0.2) is 0 Å². The molecule has 0 aromatic heterocycles. The van der Waals surface area contributed by atoms with E-state index in [0.717, 1.165) is 78.4 Å². The molecule has 0 aliphatic heterocycles. The van der Waals surface area contributed by atoms with Gasteiger partial charge in [-0.2, -0.15) is 0 Å². The average molecular weight is 623 g/mol. The van der Waals surface area contributed by atoms with E-state index in [1.165, 1.54) is 89.9 Å². The van der Waals surface area contributed by atoms with Gasteiger partial charge in [-0.05, 0) is 147 Å². The quantitative estimate of drug-likeness (QED) is 0.134. The third-order valence-corrected chi connectivity index (χ3v) is 15.2. The first-order chi connectivity index (χ1) is 21.4. The summed E-state index contributed by atoms with van der Waals surface area (Å²) in [5.74, 6) is 9.27. The maximum Gasteiger partial charge on any atom is 0.306 e. The summed E-state index contributed by atoms with van der Waals surface area (Å²) >= 11 is 0. The lowest BCUT2D eigenvalue weighted by Gasteiger charge is -2.61. The molecular formula is C43H74O2. The fraction of sp³-hybridized carbons (Fsp3) is 0.930. The van der Waals surface area contributed by atoms with Gasteiger partial charge in [0.2, 0.25) is 0 Å². The van der Waals surface area contributed by atoms with E-state index in [1.807, 2.05) is 0 Å². The molecule has 45 heavy (non-hydrogen) atoms. The number of hydrogen-bond donors (Lipinski definition) is 0. The van der Waals surface area contributed by atoms with Gasteiger partial charge in [0, 0.05) is 6.42 Å². The normalized spacial score (nSPS) is 41.3. The minimum absolute atomic E-state index is 0.0796. The first-order valence-corrected chi connectivity index (χ1v) is 20.3. The Balaban J connectivity index is 1.04. The number of rotatable bonds is 15. The molecule has 258 valence electrons. The fourth-order valence-electron chi connectivity index (χ4n) is 11.9. The Morgan fingerprint density at radius 3 is 2.11 bits per heavy atom. The van der Waals surface area contributed by atoms with Gasteiger partial charge in [-0.3, -0.25) is 4.79 Å². The van der Waals surface area contributed by atoms with Crippen LogP contribution in [0.4, 0.5) is 0 Å². The molecule has 0 amide bonds. The molecule has 0 aromatic carbocycles. The largest absolute Gasteiger partial charge is 0.462 e. The Hall–Kier alpha value is -0.790. The average Bonchev–Trinajstić information content (AvgIpc) is 3.58. The van der Waals surface area contributed by atoms with Gasteiger partial charge in [0.1, 0.15) is 6.10 Å². The number of esters is 1. The lowest BCUT2D eigenvalue weighted by Crippen LogP contribution is -2.54. The summed E-state index contributed by atoms with van der Waals surface area (Å²) in [5, 5.41) is 0. The molecule has 10 unspecified atom stereocenters. The minimum Gasteiger partial charge on any atom is -0.462 e. The molecule has 0 aromatic rings. The topological polar surface area (TPSA) is 26.3 Å². The Morgan fingerprint density at radius 2 is 1.42 bits per heavy atom. The van der Waals surface area contributed by atoms with Gasteiger partial charge < -0.3 is 4.74 Å². The molecule has 0 saturated heterocycles. The van der Waals surface area contributed by atoms with Crippen LogP contribution >= 0.6 is 0 Å². The first kappa shape index (κ1) is 35.5. The van der Waals surface area contributed by atoms with Gasteiger partial charge in [-0.1, -0.05) is 106 Å². The highest BCUT2D eigenvalue weighted by molar-refractivity contribution is 5.69. The van der Waals surface area contributed by atoms with Crippen molar-refractivity contribution < 1.29 is 9.53 Å². The molecule has 5 saturated carbocycles. The summed E-state index contributed by atoms with van der Waals surface area (Å²) in [5.41, 5.74) is 0.998. The monoisotopic (exact) mass is 623 g/mol. The second-order valence-corrected chi connectivity index (χ2v) is 18.9. The first-order valence-electron chi connectivity index (χ1n) is 20.3. The standard InChI is InChI=1S/C43H74O2/c1-29(2)11-9-12-30(3)13-10-14-31(4)15-22-41(44)45-36-23-25-42(7)35(28-36)18-19-37-39-21-20-38(43(39,8)26-24-40(37)42)32(5)16-17-34-27-33(34)6/h16-17,29-40H,9-15,18-28H2,1-8H3/b17-16+/t30?,31?,32?,33?,34?,35?,36-,37?,38?,39?,40?,42-,43+/m0/s1. The van der Waals surface area contributed by atoms with E-state index in [9.17, 15) is 4.79 Å². The number of hydrogen-bond acceptors (Lipinski definition) is 2. The summed E-state index contributed by atoms with van der Waals surface area (Å²) < 4.78 is 6.21. The van der Waals surface area contributed by atoms with Crippen molar-refractivity contribution >= 4 is 5.97 Å². The van der Waals surface area contributed by atoms with E-state index in [0.29, 0.717) is 23.2 Å². The summed E-state index contributed by atoms with van der Waals surface area (Å²) in [4.78, 5) is 13.0. The van der Waals surface area contributed by atoms with Crippen molar-refractivity contribution in [1.29, 1.82) is 0 Å². The molecule has 2 nitrogen and oxygen atoms in total. The van der Waals surface area contributed by atoms with Crippen molar-refractivity contribution in [2.45, 2.75) is 177 Å². The maximum atomic E-state index is 13.0. The molecule has 5 aliphatic carbocycles. The zero-order chi connectivity index (χ0) is 32.4.